The maximum atomic E-state index is 13.4. The minimum Gasteiger partial charge on any atom is -0.497 e. The molecule has 0 saturated carbocycles. The molecule has 0 aliphatic carbocycles. The Morgan fingerprint density at radius 3 is 2.50 bits per heavy atom. The molecular formula is C20H20FN5O2. The van der Waals surface area contributed by atoms with Gasteiger partial charge in [-0.15, -0.1) is 5.10 Å². The van der Waals surface area contributed by atoms with Crippen LogP contribution in [0, 0.1) is 5.82 Å². The number of rotatable bonds is 4. The number of benzene rings is 2. The maximum Gasteiger partial charge on any atom is 0.250 e. The minimum atomic E-state index is -0.290. The molecule has 0 radical (unpaired) electrons. The van der Waals surface area contributed by atoms with Gasteiger partial charge in [-0.25, -0.2) is 9.07 Å². The summed E-state index contributed by atoms with van der Waals surface area (Å²) in [6.45, 7) is 1.41. The van der Waals surface area contributed by atoms with Gasteiger partial charge in [0.25, 0.3) is 5.95 Å². The Kier molecular flexibility index (Phi) is 4.68. The summed E-state index contributed by atoms with van der Waals surface area (Å²) < 4.78 is 20.4. The molecule has 1 aliphatic rings. The first kappa shape index (κ1) is 18.0. The predicted octanol–water partition coefficient (Wildman–Crippen LogP) is 3.53. The third-order valence-electron chi connectivity index (χ3n) is 4.75. The number of ether oxygens (including phenoxy) is 1. The third kappa shape index (κ3) is 3.53. The van der Waals surface area contributed by atoms with Gasteiger partial charge in [-0.3, -0.25) is 10.1 Å². The predicted molar refractivity (Wildman–Crippen MR) is 103 cm³/mol. The summed E-state index contributed by atoms with van der Waals surface area (Å²) in [6, 6.07) is 14.0. The number of methoxy groups -OCH3 is 1. The van der Waals surface area contributed by atoms with Gasteiger partial charge in [0.1, 0.15) is 11.6 Å². The molecular weight excluding hydrogens is 361 g/mol. The van der Waals surface area contributed by atoms with E-state index >= 15 is 0 Å². The van der Waals surface area contributed by atoms with Gasteiger partial charge < -0.3 is 10.1 Å². The number of carbonyl (C=O) groups excluding carboxylic acids is 1. The lowest BCUT2D eigenvalue weighted by Crippen LogP contribution is -2.28. The number of nitrogens with one attached hydrogen (secondary N) is 2. The van der Waals surface area contributed by atoms with Gasteiger partial charge in [-0.05, 0) is 41.8 Å². The lowest BCUT2D eigenvalue weighted by molar-refractivity contribution is -0.114. The van der Waals surface area contributed by atoms with E-state index in [4.69, 9.17) is 4.74 Å². The van der Waals surface area contributed by atoms with Crippen molar-refractivity contribution >= 4 is 17.8 Å². The van der Waals surface area contributed by atoms with E-state index in [-0.39, 0.29) is 29.8 Å². The number of amides is 1. The number of nitrogens with zero attached hydrogens (tertiary/aromatic N) is 3. The summed E-state index contributed by atoms with van der Waals surface area (Å²) in [5.74, 6) is 1.03. The molecule has 2 aromatic carbocycles. The van der Waals surface area contributed by atoms with Crippen molar-refractivity contribution in [2.45, 2.75) is 25.4 Å². The maximum absolute atomic E-state index is 13.4. The van der Waals surface area contributed by atoms with Gasteiger partial charge in [-0.2, -0.15) is 4.98 Å². The highest BCUT2D eigenvalue weighted by atomic mass is 19.1. The van der Waals surface area contributed by atoms with E-state index in [1.165, 1.54) is 19.1 Å². The standard InChI is InChI=1S/C20H20FN5O2/c1-12(27)22-19-24-20-23-17(13-5-9-16(28-2)10-6-13)11-18(26(20)25-19)14-3-7-15(21)8-4-14/h3-10,17-18H,11H2,1-2H3,(H2,22,23,24,25,27)/t17-,18-/m0/s1. The molecule has 2 N–H and O–H groups in total. The Morgan fingerprint density at radius 1 is 1.18 bits per heavy atom. The number of anilines is 2. The SMILES string of the molecule is COc1ccc([C@@H]2C[C@@H](c3ccc(F)cc3)n3nc(NC(C)=O)nc3N2)cc1. The molecule has 144 valence electrons. The largest absolute Gasteiger partial charge is 0.497 e. The smallest absolute Gasteiger partial charge is 0.250 e. The molecule has 0 fully saturated rings. The molecule has 4 rings (SSSR count). The average Bonchev–Trinajstić information content (AvgIpc) is 3.09. The first-order chi connectivity index (χ1) is 13.5. The summed E-state index contributed by atoms with van der Waals surface area (Å²) in [5.41, 5.74) is 1.99. The van der Waals surface area contributed by atoms with Gasteiger partial charge in [0, 0.05) is 6.92 Å². The van der Waals surface area contributed by atoms with E-state index in [0.717, 1.165) is 16.9 Å². The quantitative estimate of drug-likeness (QED) is 0.723. The van der Waals surface area contributed by atoms with Crippen molar-refractivity contribution in [3.8, 4) is 5.75 Å². The molecule has 0 saturated heterocycles. The Labute approximate surface area is 161 Å². The molecule has 0 bridgehead atoms. The number of aromatic nitrogens is 3. The number of halogens is 1. The van der Waals surface area contributed by atoms with Crippen LogP contribution in [0.25, 0.3) is 0 Å². The number of hydrogen-bond donors (Lipinski definition) is 2. The van der Waals surface area contributed by atoms with E-state index in [2.05, 4.69) is 20.7 Å². The number of hydrogen-bond acceptors (Lipinski definition) is 5. The van der Waals surface area contributed by atoms with Crippen molar-refractivity contribution in [3.05, 3.63) is 65.5 Å². The number of carbonyl (C=O) groups is 1. The Balaban J connectivity index is 1.72. The second-order valence-electron chi connectivity index (χ2n) is 6.66. The second-order valence-corrected chi connectivity index (χ2v) is 6.66. The summed E-state index contributed by atoms with van der Waals surface area (Å²) in [7, 11) is 1.63. The minimum absolute atomic E-state index is 0.0252. The van der Waals surface area contributed by atoms with Crippen LogP contribution in [0.1, 0.15) is 36.6 Å². The van der Waals surface area contributed by atoms with E-state index in [0.29, 0.717) is 12.4 Å². The highest BCUT2D eigenvalue weighted by Gasteiger charge is 2.31. The Hall–Kier alpha value is -3.42. The fourth-order valence-corrected chi connectivity index (χ4v) is 3.41. The van der Waals surface area contributed by atoms with Gasteiger partial charge >= 0.3 is 0 Å². The van der Waals surface area contributed by atoms with Crippen LogP contribution in [0.2, 0.25) is 0 Å². The zero-order valence-corrected chi connectivity index (χ0v) is 15.5. The van der Waals surface area contributed by atoms with E-state index < -0.39 is 0 Å². The van der Waals surface area contributed by atoms with Crippen molar-refractivity contribution in [1.29, 1.82) is 0 Å². The van der Waals surface area contributed by atoms with Gasteiger partial charge in [0.2, 0.25) is 11.9 Å². The van der Waals surface area contributed by atoms with Crippen LogP contribution in [0.3, 0.4) is 0 Å². The molecule has 0 unspecified atom stereocenters. The summed E-state index contributed by atoms with van der Waals surface area (Å²) in [4.78, 5) is 15.8. The molecule has 1 aliphatic heterocycles. The van der Waals surface area contributed by atoms with Crippen LogP contribution < -0.4 is 15.4 Å². The van der Waals surface area contributed by atoms with Crippen LogP contribution in [0.15, 0.2) is 48.5 Å². The van der Waals surface area contributed by atoms with Crippen molar-refractivity contribution in [2.24, 2.45) is 0 Å². The molecule has 3 aromatic rings. The van der Waals surface area contributed by atoms with Crippen LogP contribution in [-0.4, -0.2) is 27.8 Å². The molecule has 2 heterocycles. The van der Waals surface area contributed by atoms with Gasteiger partial charge in [0.05, 0.1) is 19.2 Å². The normalized spacial score (nSPS) is 18.1. The first-order valence-electron chi connectivity index (χ1n) is 8.93. The fraction of sp³-hybridized carbons (Fsp3) is 0.250. The van der Waals surface area contributed by atoms with E-state index in [9.17, 15) is 9.18 Å². The van der Waals surface area contributed by atoms with Crippen molar-refractivity contribution in [3.63, 3.8) is 0 Å². The molecule has 0 spiro atoms. The fourth-order valence-electron chi connectivity index (χ4n) is 3.41. The third-order valence-corrected chi connectivity index (χ3v) is 4.75. The number of fused-ring (bicyclic) bond motifs is 1. The second kappa shape index (κ2) is 7.30. The zero-order chi connectivity index (χ0) is 19.7. The molecule has 8 heteroatoms. The van der Waals surface area contributed by atoms with Crippen molar-refractivity contribution in [1.82, 2.24) is 14.8 Å². The first-order valence-corrected chi connectivity index (χ1v) is 8.93. The van der Waals surface area contributed by atoms with Crippen LogP contribution in [-0.2, 0) is 4.79 Å². The van der Waals surface area contributed by atoms with Gasteiger partial charge in [-0.1, -0.05) is 24.3 Å². The molecule has 1 aromatic heterocycles. The Bertz CT molecular complexity index is 985. The van der Waals surface area contributed by atoms with E-state index in [1.807, 2.05) is 24.3 Å². The lowest BCUT2D eigenvalue weighted by Gasteiger charge is -2.31. The average molecular weight is 381 g/mol. The highest BCUT2D eigenvalue weighted by molar-refractivity contribution is 5.86. The van der Waals surface area contributed by atoms with Crippen LogP contribution >= 0.6 is 0 Å². The monoisotopic (exact) mass is 381 g/mol. The highest BCUT2D eigenvalue weighted by Crippen LogP contribution is 2.38. The molecule has 28 heavy (non-hydrogen) atoms. The summed E-state index contributed by atoms with van der Waals surface area (Å²) in [5, 5.41) is 10.4. The van der Waals surface area contributed by atoms with Crippen LogP contribution in [0.5, 0.6) is 5.75 Å². The summed E-state index contributed by atoms with van der Waals surface area (Å²) >= 11 is 0. The Morgan fingerprint density at radius 2 is 1.86 bits per heavy atom. The topological polar surface area (TPSA) is 81.1 Å². The lowest BCUT2D eigenvalue weighted by atomic mass is 9.93. The molecule has 2 atom stereocenters. The molecule has 7 nitrogen and oxygen atoms in total. The van der Waals surface area contributed by atoms with Crippen molar-refractivity contribution in [2.75, 3.05) is 17.7 Å². The summed E-state index contributed by atoms with van der Waals surface area (Å²) in [6.07, 6.45) is 0.688. The van der Waals surface area contributed by atoms with Gasteiger partial charge in [0.15, 0.2) is 0 Å². The van der Waals surface area contributed by atoms with E-state index in [1.54, 1.807) is 23.9 Å². The zero-order valence-electron chi connectivity index (χ0n) is 15.5. The molecule has 1 amide bonds. The van der Waals surface area contributed by atoms with Crippen LogP contribution in [0.4, 0.5) is 16.3 Å². The van der Waals surface area contributed by atoms with Crippen molar-refractivity contribution < 1.29 is 13.9 Å².